The number of nitrogens with zero attached hydrogens (tertiary/aromatic N) is 4. The van der Waals surface area contributed by atoms with Crippen LogP contribution in [0.15, 0.2) is 267 Å². The second-order valence-electron chi connectivity index (χ2n) is 22.2. The Morgan fingerprint density at radius 2 is 0.613 bits per heavy atom. The van der Waals surface area contributed by atoms with Crippen LogP contribution in [0, 0.1) is 0 Å². The van der Waals surface area contributed by atoms with Crippen LogP contribution in [0.2, 0.25) is 0 Å². The van der Waals surface area contributed by atoms with E-state index in [-0.39, 0.29) is 13.4 Å². The molecule has 0 aliphatic carbocycles. The first-order valence-electron chi connectivity index (χ1n) is 28.0. The van der Waals surface area contributed by atoms with Crippen LogP contribution in [0.5, 0.6) is 0 Å². The summed E-state index contributed by atoms with van der Waals surface area (Å²) in [6.45, 7) is -0.111. The summed E-state index contributed by atoms with van der Waals surface area (Å²) in [6.07, 6.45) is 0. The first-order valence-corrected chi connectivity index (χ1v) is 28.0. The third kappa shape index (κ3) is 5.42. The highest BCUT2D eigenvalue weighted by molar-refractivity contribution is 7.05. The van der Waals surface area contributed by atoms with Crippen LogP contribution in [-0.4, -0.2) is 22.6 Å². The number of hydrogen-bond donors (Lipinski definition) is 0. The zero-order chi connectivity index (χ0) is 51.9. The molecule has 80 heavy (non-hydrogen) atoms. The molecule has 0 N–H and O–H groups in total. The van der Waals surface area contributed by atoms with Gasteiger partial charge >= 0.3 is 0 Å². The van der Waals surface area contributed by atoms with Gasteiger partial charge in [-0.25, -0.2) is 0 Å². The van der Waals surface area contributed by atoms with Crippen molar-refractivity contribution in [3.63, 3.8) is 0 Å². The van der Waals surface area contributed by atoms with Crippen molar-refractivity contribution in [2.24, 2.45) is 0 Å². The van der Waals surface area contributed by atoms with Gasteiger partial charge in [0, 0.05) is 67.0 Å². The Morgan fingerprint density at radius 1 is 0.237 bits per heavy atom. The molecule has 0 radical (unpaired) electrons. The molecule has 0 saturated heterocycles. The number of para-hydroxylation sites is 6. The molecule has 4 aliphatic rings. The molecule has 2 aromatic heterocycles. The maximum absolute atomic E-state index is 2.61. The van der Waals surface area contributed by atoms with E-state index in [2.05, 4.69) is 286 Å². The van der Waals surface area contributed by atoms with E-state index in [0.29, 0.717) is 0 Å². The minimum atomic E-state index is -0.0556. The first kappa shape index (κ1) is 42.8. The largest absolute Gasteiger partial charge is 0.311 e. The summed E-state index contributed by atoms with van der Waals surface area (Å²) in [5.74, 6) is 0. The Kier molecular flexibility index (Phi) is 8.39. The van der Waals surface area contributed by atoms with Gasteiger partial charge in [0.25, 0.3) is 0 Å². The van der Waals surface area contributed by atoms with E-state index >= 15 is 0 Å². The number of fused-ring (bicyclic) bond motifs is 12. The van der Waals surface area contributed by atoms with Crippen LogP contribution >= 0.6 is 0 Å². The normalized spacial score (nSPS) is 13.4. The molecule has 6 heteroatoms. The fourth-order valence-electron chi connectivity index (χ4n) is 15.5. The van der Waals surface area contributed by atoms with Gasteiger partial charge in [-0.1, -0.05) is 199 Å². The lowest BCUT2D eigenvalue weighted by Gasteiger charge is -2.47. The molecule has 4 aliphatic heterocycles. The van der Waals surface area contributed by atoms with Crippen LogP contribution in [0.3, 0.4) is 0 Å². The maximum Gasteiger partial charge on any atom is 0.248 e. The third-order valence-electron chi connectivity index (χ3n) is 18.4. The predicted octanol–water partition coefficient (Wildman–Crippen LogP) is 14.7. The van der Waals surface area contributed by atoms with Crippen molar-refractivity contribution in [3.05, 3.63) is 267 Å². The van der Waals surface area contributed by atoms with E-state index in [1.807, 2.05) is 0 Å². The molecule has 0 saturated carbocycles. The van der Waals surface area contributed by atoms with Crippen molar-refractivity contribution in [1.29, 1.82) is 0 Å². The quantitative estimate of drug-likeness (QED) is 0.126. The van der Waals surface area contributed by atoms with Gasteiger partial charge in [0.1, 0.15) is 0 Å². The van der Waals surface area contributed by atoms with Crippen molar-refractivity contribution in [2.45, 2.75) is 0 Å². The summed E-state index contributed by atoms with van der Waals surface area (Å²) in [5.41, 5.74) is 27.6. The van der Waals surface area contributed by atoms with Gasteiger partial charge in [0.15, 0.2) is 0 Å². The molecule has 0 amide bonds. The van der Waals surface area contributed by atoms with E-state index in [1.165, 1.54) is 143 Å². The van der Waals surface area contributed by atoms with Crippen LogP contribution < -0.4 is 42.6 Å². The molecule has 4 nitrogen and oxygen atoms in total. The van der Waals surface area contributed by atoms with Crippen molar-refractivity contribution in [2.75, 3.05) is 9.80 Å². The van der Waals surface area contributed by atoms with E-state index in [9.17, 15) is 0 Å². The SMILES string of the molecule is c1ccc(-c2c3cccc4c3c3c5c(cccc25)B2c5ccc(-n6c7ccccc7c7ccccc76)cc5N(c5ccccc5)c5cc6c(c-3c52)B4c2ccc(-n3c4ccccc4c4ccccc43)cc2N6c2ccccc2)cc1. The summed E-state index contributed by atoms with van der Waals surface area (Å²) in [6, 6.07) is 101. The minimum Gasteiger partial charge on any atom is -0.311 e. The third-order valence-corrected chi connectivity index (χ3v) is 18.4. The van der Waals surface area contributed by atoms with Crippen LogP contribution in [0.1, 0.15) is 0 Å². The Labute approximate surface area is 462 Å². The van der Waals surface area contributed by atoms with Gasteiger partial charge in [-0.05, 0) is 145 Å². The van der Waals surface area contributed by atoms with Gasteiger partial charge in [-0.15, -0.1) is 0 Å². The molecule has 0 bridgehead atoms. The molecule has 0 spiro atoms. The molecular weight excluding hydrogens is 966 g/mol. The lowest BCUT2D eigenvalue weighted by atomic mass is 9.26. The minimum absolute atomic E-state index is 0.0556. The Bertz CT molecular complexity index is 4810. The van der Waals surface area contributed by atoms with Gasteiger partial charge < -0.3 is 18.9 Å². The smallest absolute Gasteiger partial charge is 0.248 e. The van der Waals surface area contributed by atoms with Gasteiger partial charge in [0.2, 0.25) is 13.4 Å². The Morgan fingerprint density at radius 3 is 1.04 bits per heavy atom. The number of aromatic nitrogens is 2. The van der Waals surface area contributed by atoms with Gasteiger partial charge in [-0.2, -0.15) is 0 Å². The highest BCUT2D eigenvalue weighted by atomic mass is 15.2. The fourth-order valence-corrected chi connectivity index (χ4v) is 15.5. The van der Waals surface area contributed by atoms with Crippen molar-refractivity contribution < 1.29 is 0 Å². The van der Waals surface area contributed by atoms with E-state index in [0.717, 1.165) is 22.7 Å². The number of anilines is 6. The zero-order valence-electron chi connectivity index (χ0n) is 43.3. The summed E-state index contributed by atoms with van der Waals surface area (Å²) in [5, 5.41) is 10.4. The Hall–Kier alpha value is -10.3. The number of hydrogen-bond acceptors (Lipinski definition) is 2. The second-order valence-corrected chi connectivity index (χ2v) is 22.2. The monoisotopic (exact) mass is 1010 g/mol. The van der Waals surface area contributed by atoms with Gasteiger partial charge in [0.05, 0.1) is 22.1 Å². The fraction of sp³-hybridized carbons (Fsp3) is 0. The summed E-state index contributed by atoms with van der Waals surface area (Å²) < 4.78 is 4.95. The Balaban J connectivity index is 0.983. The molecule has 0 unspecified atom stereocenters. The van der Waals surface area contributed by atoms with Gasteiger partial charge in [-0.3, -0.25) is 0 Å². The van der Waals surface area contributed by atoms with Crippen molar-refractivity contribution >= 4 is 145 Å². The highest BCUT2D eigenvalue weighted by Gasteiger charge is 2.50. The predicted molar refractivity (Wildman–Crippen MR) is 340 cm³/mol. The van der Waals surface area contributed by atoms with E-state index < -0.39 is 0 Å². The molecule has 0 atom stereocenters. The number of benzene rings is 13. The van der Waals surface area contributed by atoms with Crippen LogP contribution in [0.25, 0.3) is 98.8 Å². The van der Waals surface area contributed by atoms with E-state index in [1.54, 1.807) is 0 Å². The molecular formula is C74H44B2N4. The van der Waals surface area contributed by atoms with Crippen LogP contribution in [0.4, 0.5) is 34.1 Å². The zero-order valence-corrected chi connectivity index (χ0v) is 43.3. The average Bonchev–Trinajstić information content (AvgIpc) is 3.42. The molecule has 15 aromatic rings. The van der Waals surface area contributed by atoms with Crippen molar-refractivity contribution in [3.8, 4) is 33.6 Å². The molecule has 19 rings (SSSR count). The standard InChI is InChI=1S/C74H44B2N4/c1-4-20-45(21-5-1)68-54-30-18-32-58-69(54)71-70-55(68)31-19-33-59(70)76-57-41-39-49(80-62-36-16-12-28-52(62)53-29-13-17-37-63(53)80)43-65(57)78(47-24-8-3-9-25-47)67-44-66-73(72(71)74(67)76)75(58)56-40-38-48(42-64(56)77(66)46-22-6-2-7-23-46)79-60-34-14-10-26-50(60)51-27-11-15-35-61(51)79/h1-44H. The van der Waals surface area contributed by atoms with Crippen LogP contribution in [-0.2, 0) is 0 Å². The second kappa shape index (κ2) is 15.7. The highest BCUT2D eigenvalue weighted by Crippen LogP contribution is 2.52. The first-order chi connectivity index (χ1) is 39.8. The van der Waals surface area contributed by atoms with Crippen molar-refractivity contribution in [1.82, 2.24) is 9.13 Å². The average molecular weight is 1010 g/mol. The number of rotatable bonds is 5. The summed E-state index contributed by atoms with van der Waals surface area (Å²) >= 11 is 0. The lowest BCUT2D eigenvalue weighted by Crippen LogP contribution is -2.66. The van der Waals surface area contributed by atoms with E-state index in [4.69, 9.17) is 0 Å². The topological polar surface area (TPSA) is 16.3 Å². The molecule has 0 fully saturated rings. The molecule has 366 valence electrons. The summed E-state index contributed by atoms with van der Waals surface area (Å²) in [7, 11) is 0. The molecule has 13 aromatic carbocycles. The lowest BCUT2D eigenvalue weighted by molar-refractivity contribution is 1.17. The summed E-state index contributed by atoms with van der Waals surface area (Å²) in [4.78, 5) is 5.22. The molecule has 6 heterocycles. The maximum atomic E-state index is 2.61.